The van der Waals surface area contributed by atoms with E-state index in [4.69, 9.17) is 30.1 Å². The third-order valence-corrected chi connectivity index (χ3v) is 0. The van der Waals surface area contributed by atoms with Gasteiger partial charge in [0.15, 0.2) is 0 Å². The quantitative estimate of drug-likeness (QED) is 0.214. The first kappa shape index (κ1) is 29.2. The van der Waals surface area contributed by atoms with Gasteiger partial charge in [-0.25, -0.2) is 0 Å². The summed E-state index contributed by atoms with van der Waals surface area (Å²) in [5, 5.41) is 43.0. The van der Waals surface area contributed by atoms with Crippen molar-refractivity contribution < 1.29 is 123 Å². The fourth-order valence-electron chi connectivity index (χ4n) is 0. The summed E-state index contributed by atoms with van der Waals surface area (Å²) in [6.45, 7) is 0. The van der Waals surface area contributed by atoms with Crippen LogP contribution < -0.4 is 88.7 Å². The molecule has 0 aromatic carbocycles. The van der Waals surface area contributed by atoms with Crippen LogP contribution in [0.1, 0.15) is 4.28 Å². The summed E-state index contributed by atoms with van der Waals surface area (Å²) >= 11 is 0. The molecule has 0 aliphatic rings. The van der Waals surface area contributed by atoms with E-state index in [1.54, 1.807) is 0 Å². The topological polar surface area (TPSA) is 121 Å². The van der Waals surface area contributed by atoms with Crippen molar-refractivity contribution in [3.63, 3.8) is 0 Å². The van der Waals surface area contributed by atoms with E-state index < -0.39 is 14.6 Å². The minimum absolute atomic E-state index is 0. The third kappa shape index (κ3) is 183. The molecule has 0 unspecified atom stereocenters. The van der Waals surface area contributed by atoms with Crippen LogP contribution in [0, 0.1) is 0 Å². The van der Waals surface area contributed by atoms with E-state index in [9.17, 15) is 0 Å². The summed E-state index contributed by atoms with van der Waals surface area (Å²) in [6.07, 6.45) is 0. The van der Waals surface area contributed by atoms with Crippen LogP contribution in [0.15, 0.2) is 0 Å². The minimum Gasteiger partial charge on any atom is -1.00 e. The zero-order valence-corrected chi connectivity index (χ0v) is 12.8. The number of rotatable bonds is 0. The average Bonchev–Trinajstić information content (AvgIpc) is 1.25. The fraction of sp³-hybridized carbons (Fsp3) is 0. The molecule has 0 amide bonds. The molecule has 11 heavy (non-hydrogen) atoms. The van der Waals surface area contributed by atoms with Crippen molar-refractivity contribution >= 4 is 14.6 Å². The van der Waals surface area contributed by atoms with Gasteiger partial charge in [-0.15, -0.1) is 0 Å². The van der Waals surface area contributed by atoms with Crippen LogP contribution in [0.3, 0.4) is 0 Å². The van der Waals surface area contributed by atoms with Gasteiger partial charge in [-0.3, -0.25) is 0 Å². The van der Waals surface area contributed by atoms with E-state index in [0.717, 1.165) is 0 Å². The molecule has 6 nitrogen and oxygen atoms in total. The molecule has 0 aromatic rings. The van der Waals surface area contributed by atoms with Gasteiger partial charge in [-0.1, -0.05) is 0 Å². The van der Waals surface area contributed by atoms with Gasteiger partial charge in [0.05, 0.1) is 0 Å². The second kappa shape index (κ2) is 23.1. The predicted octanol–water partition coefficient (Wildman–Crippen LogP) is -12.8. The second-order valence-electron chi connectivity index (χ2n) is 0.693. The van der Waals surface area contributed by atoms with Gasteiger partial charge >= 0.3 is 103 Å². The maximum atomic E-state index is 7.17. The first-order valence-corrected chi connectivity index (χ1v) is 1.55. The zero-order valence-electron chi connectivity index (χ0n) is 9.84. The second-order valence-corrected chi connectivity index (χ2v) is 0.693. The third-order valence-electron chi connectivity index (χ3n) is 0. The van der Waals surface area contributed by atoms with Crippen LogP contribution in [0.5, 0.6) is 0 Å². The molecule has 6 N–H and O–H groups in total. The van der Waals surface area contributed by atoms with Crippen molar-refractivity contribution in [2.75, 3.05) is 0 Å². The Morgan fingerprint density at radius 2 is 0.545 bits per heavy atom. The average molecular weight is 196 g/mol. The van der Waals surface area contributed by atoms with Crippen molar-refractivity contribution in [3.8, 4) is 0 Å². The standard InChI is InChI=1S/2BH3O3.3Na.3H/c2*2-1(3)4;;;;;;/h2*2-4H;;;;;;/q;;3*+1;3*-1. The van der Waals surface area contributed by atoms with E-state index in [1.807, 2.05) is 0 Å². The molecule has 0 radical (unpaired) electrons. The molecule has 0 saturated heterocycles. The van der Waals surface area contributed by atoms with Crippen molar-refractivity contribution in [1.29, 1.82) is 0 Å². The molecule has 0 aromatic heterocycles. The molecule has 0 aliphatic heterocycles. The Hall–Kier alpha value is 2.89. The molecule has 0 aliphatic carbocycles. The Bertz CT molecular complexity index is 41.8. The van der Waals surface area contributed by atoms with Crippen LogP contribution in [-0.4, -0.2) is 44.8 Å². The van der Waals surface area contributed by atoms with Crippen molar-refractivity contribution in [3.05, 3.63) is 0 Å². The summed E-state index contributed by atoms with van der Waals surface area (Å²) in [5.41, 5.74) is 0. The Morgan fingerprint density at radius 3 is 0.545 bits per heavy atom. The Kier molecular flexibility index (Phi) is 61.2. The van der Waals surface area contributed by atoms with Crippen LogP contribution in [0.25, 0.3) is 0 Å². The van der Waals surface area contributed by atoms with E-state index in [0.29, 0.717) is 0 Å². The summed E-state index contributed by atoms with van der Waals surface area (Å²) < 4.78 is 0. The first-order chi connectivity index (χ1) is 3.46. The van der Waals surface area contributed by atoms with Crippen LogP contribution in [0.4, 0.5) is 0 Å². The minimum atomic E-state index is -2.17. The largest absolute Gasteiger partial charge is 1.00 e. The van der Waals surface area contributed by atoms with Crippen molar-refractivity contribution in [2.24, 2.45) is 0 Å². The number of hydrogen-bond donors (Lipinski definition) is 6. The molecule has 0 fully saturated rings. The van der Waals surface area contributed by atoms with E-state index >= 15 is 0 Å². The monoisotopic (exact) mass is 196 g/mol. The van der Waals surface area contributed by atoms with E-state index in [1.165, 1.54) is 0 Å². The van der Waals surface area contributed by atoms with Crippen LogP contribution >= 0.6 is 0 Å². The maximum absolute atomic E-state index is 7.17. The van der Waals surface area contributed by atoms with E-state index in [2.05, 4.69) is 0 Å². The van der Waals surface area contributed by atoms with Gasteiger partial charge in [0.25, 0.3) is 0 Å². The van der Waals surface area contributed by atoms with Gasteiger partial charge in [-0.2, -0.15) is 0 Å². The Labute approximate surface area is 136 Å². The smallest absolute Gasteiger partial charge is 1.00 e. The van der Waals surface area contributed by atoms with Gasteiger partial charge < -0.3 is 34.4 Å². The molecule has 0 bridgehead atoms. The van der Waals surface area contributed by atoms with Crippen LogP contribution in [-0.2, 0) is 0 Å². The van der Waals surface area contributed by atoms with E-state index in [-0.39, 0.29) is 93.0 Å². The predicted molar refractivity (Wildman–Crippen MR) is 28.2 cm³/mol. The summed E-state index contributed by atoms with van der Waals surface area (Å²) in [7, 11) is -4.33. The zero-order chi connectivity index (χ0) is 7.15. The Morgan fingerprint density at radius 1 is 0.545 bits per heavy atom. The summed E-state index contributed by atoms with van der Waals surface area (Å²) in [5.74, 6) is 0. The van der Waals surface area contributed by atoms with Gasteiger partial charge in [0, 0.05) is 0 Å². The molecule has 0 heterocycles. The molecule has 54 valence electrons. The molecule has 0 saturated carbocycles. The molecule has 11 heteroatoms. The first-order valence-electron chi connectivity index (χ1n) is 1.55. The summed E-state index contributed by atoms with van der Waals surface area (Å²) in [4.78, 5) is 0. The number of hydrogen-bond acceptors (Lipinski definition) is 6. The maximum Gasteiger partial charge on any atom is 1.00 e. The van der Waals surface area contributed by atoms with Gasteiger partial charge in [-0.05, 0) is 0 Å². The fourth-order valence-corrected chi connectivity index (χ4v) is 0. The van der Waals surface area contributed by atoms with Gasteiger partial charge in [0.2, 0.25) is 0 Å². The van der Waals surface area contributed by atoms with Crippen molar-refractivity contribution in [1.82, 2.24) is 0 Å². The molecular weight excluding hydrogens is 187 g/mol. The normalized spacial score (nSPS) is 4.91. The molecular formula is H9B2Na3O6. The molecule has 0 atom stereocenters. The molecule has 0 spiro atoms. The SMILES string of the molecule is OB(O)O.OB(O)O.[H-].[H-].[H-].[Na+].[Na+].[Na+]. The Balaban J connectivity index is -0.00000000600. The summed E-state index contributed by atoms with van der Waals surface area (Å²) in [6, 6.07) is 0. The molecule has 0 rings (SSSR count). The van der Waals surface area contributed by atoms with Gasteiger partial charge in [0.1, 0.15) is 0 Å². The van der Waals surface area contributed by atoms with Crippen molar-refractivity contribution in [2.45, 2.75) is 0 Å². The van der Waals surface area contributed by atoms with Crippen LogP contribution in [0.2, 0.25) is 0 Å².